The number of nitrogens with one attached hydrogen (secondary N) is 1. The van der Waals surface area contributed by atoms with Crippen LogP contribution in [-0.4, -0.2) is 18.3 Å². The summed E-state index contributed by atoms with van der Waals surface area (Å²) in [5, 5.41) is 0. The molecule has 0 fully saturated rings. The molecule has 0 aliphatic heterocycles. The van der Waals surface area contributed by atoms with Gasteiger partial charge in [0.05, 0.1) is 4.91 Å². The Hall–Kier alpha value is -2.31. The molecule has 6 heteroatoms. The number of aryl methyl sites for hydroxylation is 1. The van der Waals surface area contributed by atoms with Crippen LogP contribution in [0.15, 0.2) is 65.9 Å². The molecule has 1 aromatic heterocycles. The number of allylic oxidation sites excluding steroid dienone is 3. The second-order valence-corrected chi connectivity index (χ2v) is 7.70. The van der Waals surface area contributed by atoms with Crippen molar-refractivity contribution < 1.29 is 8.42 Å². The smallest absolute Gasteiger partial charge is 0.261 e. The largest absolute Gasteiger partial charge is 0.280 e. The minimum atomic E-state index is -3.63. The van der Waals surface area contributed by atoms with Gasteiger partial charge >= 0.3 is 0 Å². The summed E-state index contributed by atoms with van der Waals surface area (Å²) in [6.45, 7) is 2.01. The fraction of sp³-hybridized carbons (Fsp3) is 0.111. The zero-order chi connectivity index (χ0) is 17.2. The predicted octanol–water partition coefficient (Wildman–Crippen LogP) is 4.01. The number of hydrogen-bond acceptors (Lipinski definition) is 4. The molecule has 1 aromatic carbocycles. The lowest BCUT2D eigenvalue weighted by Crippen LogP contribution is -2.16. The number of nitrogens with zero attached hydrogens (tertiary/aromatic N) is 1. The predicted molar refractivity (Wildman–Crippen MR) is 101 cm³/mol. The molecule has 1 aliphatic rings. The third kappa shape index (κ3) is 3.60. The van der Waals surface area contributed by atoms with E-state index < -0.39 is 10.0 Å². The zero-order valence-corrected chi connectivity index (χ0v) is 14.7. The van der Waals surface area contributed by atoms with Crippen molar-refractivity contribution in [3.8, 4) is 11.1 Å². The van der Waals surface area contributed by atoms with Crippen molar-refractivity contribution in [1.82, 2.24) is 4.98 Å². The highest BCUT2D eigenvalue weighted by molar-refractivity contribution is 7.96. The monoisotopic (exact) mass is 356 g/mol. The van der Waals surface area contributed by atoms with E-state index in [4.69, 9.17) is 12.2 Å². The lowest BCUT2D eigenvalue weighted by atomic mass is 10.0. The zero-order valence-electron chi connectivity index (χ0n) is 13.1. The highest BCUT2D eigenvalue weighted by Crippen LogP contribution is 2.25. The first-order chi connectivity index (χ1) is 11.5. The van der Waals surface area contributed by atoms with Gasteiger partial charge in [-0.1, -0.05) is 30.4 Å². The summed E-state index contributed by atoms with van der Waals surface area (Å²) in [5.74, 6) is 0. The summed E-state index contributed by atoms with van der Waals surface area (Å²) in [4.78, 5) is 4.93. The molecule has 0 bridgehead atoms. The Labute approximate surface area is 147 Å². The van der Waals surface area contributed by atoms with Crippen molar-refractivity contribution in [3.63, 3.8) is 0 Å². The first kappa shape index (κ1) is 16.5. The molecule has 0 radical (unpaired) electrons. The summed E-state index contributed by atoms with van der Waals surface area (Å²) >= 11 is 5.07. The van der Waals surface area contributed by atoms with Gasteiger partial charge in [-0.25, -0.2) is 8.42 Å². The summed E-state index contributed by atoms with van der Waals surface area (Å²) in [5.41, 5.74) is 3.63. The maximum absolute atomic E-state index is 12.4. The average Bonchev–Trinajstić information content (AvgIpc) is 2.56. The number of aromatic nitrogens is 1. The van der Waals surface area contributed by atoms with Crippen LogP contribution in [-0.2, 0) is 10.0 Å². The molecule has 3 rings (SSSR count). The van der Waals surface area contributed by atoms with E-state index in [0.29, 0.717) is 17.0 Å². The van der Waals surface area contributed by atoms with Crippen LogP contribution in [0.3, 0.4) is 0 Å². The fourth-order valence-electron chi connectivity index (χ4n) is 2.42. The SMILES string of the molecule is Cc1ccncc1-c1ccc(NS(=O)(=O)C2=CC(=S)CC=C2)cc1. The van der Waals surface area contributed by atoms with Crippen LogP contribution in [0.2, 0.25) is 0 Å². The molecule has 122 valence electrons. The quantitative estimate of drug-likeness (QED) is 0.841. The van der Waals surface area contributed by atoms with Gasteiger partial charge in [0.15, 0.2) is 0 Å². The summed E-state index contributed by atoms with van der Waals surface area (Å²) in [7, 11) is -3.63. The Bertz CT molecular complexity index is 943. The Morgan fingerprint density at radius 3 is 2.58 bits per heavy atom. The first-order valence-corrected chi connectivity index (χ1v) is 9.30. The van der Waals surface area contributed by atoms with Crippen molar-refractivity contribution in [1.29, 1.82) is 0 Å². The van der Waals surface area contributed by atoms with Gasteiger partial charge in [-0.3, -0.25) is 9.71 Å². The lowest BCUT2D eigenvalue weighted by molar-refractivity contribution is 0.608. The van der Waals surface area contributed by atoms with E-state index >= 15 is 0 Å². The highest BCUT2D eigenvalue weighted by Gasteiger charge is 2.17. The standard InChI is InChI=1S/C18H16N2O2S2/c1-13-9-10-19-12-18(13)14-5-7-15(8-6-14)20-24(21,22)17-4-2-3-16(23)11-17/h2,4-12,20H,3H2,1H3. The molecule has 24 heavy (non-hydrogen) atoms. The summed E-state index contributed by atoms with van der Waals surface area (Å²) in [6, 6.07) is 9.17. The summed E-state index contributed by atoms with van der Waals surface area (Å²) < 4.78 is 27.4. The highest BCUT2D eigenvalue weighted by atomic mass is 32.2. The Balaban J connectivity index is 1.83. The van der Waals surface area contributed by atoms with E-state index in [-0.39, 0.29) is 4.91 Å². The minimum Gasteiger partial charge on any atom is -0.280 e. The second-order valence-electron chi connectivity index (χ2n) is 5.49. The van der Waals surface area contributed by atoms with Crippen LogP contribution in [0.1, 0.15) is 12.0 Å². The molecule has 0 amide bonds. The van der Waals surface area contributed by atoms with Crippen LogP contribution >= 0.6 is 12.2 Å². The molecule has 0 saturated heterocycles. The van der Waals surface area contributed by atoms with Gasteiger partial charge in [-0.05, 0) is 48.4 Å². The van der Waals surface area contributed by atoms with Crippen molar-refractivity contribution in [2.75, 3.05) is 4.72 Å². The number of benzene rings is 1. The van der Waals surface area contributed by atoms with E-state index in [9.17, 15) is 8.42 Å². The first-order valence-electron chi connectivity index (χ1n) is 7.41. The molecule has 1 heterocycles. The molecular formula is C18H16N2O2S2. The van der Waals surface area contributed by atoms with Gasteiger partial charge in [-0.2, -0.15) is 0 Å². The number of sulfonamides is 1. The molecule has 2 aromatic rings. The number of rotatable bonds is 4. The molecule has 1 N–H and O–H groups in total. The molecule has 0 saturated carbocycles. The van der Waals surface area contributed by atoms with Gasteiger partial charge in [0.2, 0.25) is 0 Å². The maximum atomic E-state index is 12.4. The van der Waals surface area contributed by atoms with Crippen molar-refractivity contribution in [2.24, 2.45) is 0 Å². The van der Waals surface area contributed by atoms with Gasteiger partial charge in [-0.15, -0.1) is 0 Å². The lowest BCUT2D eigenvalue weighted by Gasteiger charge is -2.12. The fourth-order valence-corrected chi connectivity index (χ4v) is 3.86. The van der Waals surface area contributed by atoms with Crippen molar-refractivity contribution in [2.45, 2.75) is 13.3 Å². The van der Waals surface area contributed by atoms with Crippen LogP contribution in [0.4, 0.5) is 5.69 Å². The minimum absolute atomic E-state index is 0.186. The molecule has 0 unspecified atom stereocenters. The van der Waals surface area contributed by atoms with Gasteiger partial charge < -0.3 is 0 Å². The number of pyridine rings is 1. The number of anilines is 1. The molecule has 0 atom stereocenters. The van der Waals surface area contributed by atoms with E-state index in [1.165, 1.54) is 6.08 Å². The van der Waals surface area contributed by atoms with Gasteiger partial charge in [0.1, 0.15) is 0 Å². The molecular weight excluding hydrogens is 340 g/mol. The normalized spacial score (nSPS) is 14.4. The third-order valence-corrected chi connectivity index (χ3v) is 5.37. The van der Waals surface area contributed by atoms with Crippen LogP contribution in [0.5, 0.6) is 0 Å². The topological polar surface area (TPSA) is 59.1 Å². The van der Waals surface area contributed by atoms with Crippen molar-refractivity contribution >= 4 is 32.8 Å². The van der Waals surface area contributed by atoms with Crippen LogP contribution in [0, 0.1) is 6.92 Å². The molecule has 1 aliphatic carbocycles. The van der Waals surface area contributed by atoms with Crippen LogP contribution in [0.25, 0.3) is 11.1 Å². The van der Waals surface area contributed by atoms with Crippen LogP contribution < -0.4 is 4.72 Å². The van der Waals surface area contributed by atoms with E-state index in [1.807, 2.05) is 25.1 Å². The van der Waals surface area contributed by atoms with Crippen molar-refractivity contribution in [3.05, 3.63) is 71.4 Å². The number of thiocarbonyl (C=S) groups is 1. The Morgan fingerprint density at radius 2 is 1.92 bits per heavy atom. The van der Waals surface area contributed by atoms with Gasteiger partial charge in [0.25, 0.3) is 10.0 Å². The average molecular weight is 356 g/mol. The molecule has 4 nitrogen and oxygen atoms in total. The Kier molecular flexibility index (Phi) is 4.59. The Morgan fingerprint density at radius 1 is 1.17 bits per heavy atom. The second kappa shape index (κ2) is 6.67. The summed E-state index contributed by atoms with van der Waals surface area (Å²) in [6.07, 6.45) is 9.00. The maximum Gasteiger partial charge on any atom is 0.261 e. The third-order valence-electron chi connectivity index (χ3n) is 3.70. The molecule has 0 spiro atoms. The number of hydrogen-bond donors (Lipinski definition) is 1. The van der Waals surface area contributed by atoms with Gasteiger partial charge in [0, 0.05) is 34.9 Å². The van der Waals surface area contributed by atoms with E-state index in [0.717, 1.165) is 16.7 Å². The van der Waals surface area contributed by atoms with E-state index in [1.54, 1.807) is 36.7 Å². The van der Waals surface area contributed by atoms with E-state index in [2.05, 4.69) is 9.71 Å².